The van der Waals surface area contributed by atoms with E-state index < -0.39 is 5.97 Å². The third kappa shape index (κ3) is 3.33. The van der Waals surface area contributed by atoms with Gasteiger partial charge in [-0.15, -0.1) is 0 Å². The van der Waals surface area contributed by atoms with Gasteiger partial charge >= 0.3 is 5.97 Å². The van der Waals surface area contributed by atoms with Crippen LogP contribution in [0.25, 0.3) is 0 Å². The average molecular weight is 247 g/mol. The van der Waals surface area contributed by atoms with Crippen LogP contribution in [0.3, 0.4) is 0 Å². The first-order valence-electron chi connectivity index (χ1n) is 6.68. The number of hydrogen-bond acceptors (Lipinski definition) is 2. The quantitative estimate of drug-likeness (QED) is 0.840. The maximum absolute atomic E-state index is 11.0. The first-order valence-corrected chi connectivity index (χ1v) is 6.68. The van der Waals surface area contributed by atoms with Gasteiger partial charge in [0.1, 0.15) is 0 Å². The molecular weight excluding hydrogens is 226 g/mol. The minimum atomic E-state index is -0.652. The summed E-state index contributed by atoms with van der Waals surface area (Å²) >= 11 is 0. The lowest BCUT2D eigenvalue weighted by Crippen LogP contribution is -2.31. The van der Waals surface area contributed by atoms with E-state index in [0.29, 0.717) is 0 Å². The molecule has 0 bridgehead atoms. The van der Waals surface area contributed by atoms with Crippen molar-refractivity contribution in [1.29, 1.82) is 0 Å². The van der Waals surface area contributed by atoms with Crippen LogP contribution in [0.4, 0.5) is 0 Å². The largest absolute Gasteiger partial charge is 0.481 e. The molecule has 98 valence electrons. The maximum Gasteiger partial charge on any atom is 0.308 e. The number of carboxylic acid groups (broad SMARTS) is 1. The predicted octanol–water partition coefficient (Wildman–Crippen LogP) is 2.38. The Labute approximate surface area is 108 Å². The summed E-state index contributed by atoms with van der Waals surface area (Å²) in [7, 11) is 0. The summed E-state index contributed by atoms with van der Waals surface area (Å²) in [6.45, 7) is 2.93. The maximum atomic E-state index is 11.0. The lowest BCUT2D eigenvalue weighted by molar-refractivity contribution is -0.142. The fourth-order valence-corrected chi connectivity index (χ4v) is 2.65. The molecule has 0 amide bonds. The molecule has 2 N–H and O–H groups in total. The summed E-state index contributed by atoms with van der Waals surface area (Å²) in [5.74, 6) is -0.844. The summed E-state index contributed by atoms with van der Waals surface area (Å²) in [5.41, 5.74) is 2.62. The summed E-state index contributed by atoms with van der Waals surface area (Å²) in [4.78, 5) is 11.0. The second-order valence-corrected chi connectivity index (χ2v) is 5.17. The van der Waals surface area contributed by atoms with Crippen LogP contribution in [0, 0.1) is 12.8 Å². The zero-order chi connectivity index (χ0) is 13.0. The average Bonchev–Trinajstić information content (AvgIpc) is 2.80. The fraction of sp³-hybridized carbons (Fsp3) is 0.533. The van der Waals surface area contributed by atoms with Crippen molar-refractivity contribution in [2.45, 2.75) is 38.6 Å². The van der Waals surface area contributed by atoms with E-state index in [1.165, 1.54) is 11.1 Å². The van der Waals surface area contributed by atoms with Gasteiger partial charge in [-0.25, -0.2) is 0 Å². The Morgan fingerprint density at radius 2 is 2.11 bits per heavy atom. The lowest BCUT2D eigenvalue weighted by Gasteiger charge is -2.15. The number of benzene rings is 1. The molecule has 2 rings (SSSR count). The molecule has 0 aliphatic carbocycles. The highest BCUT2D eigenvalue weighted by Crippen LogP contribution is 2.20. The van der Waals surface area contributed by atoms with Crippen LogP contribution < -0.4 is 5.32 Å². The molecule has 1 fully saturated rings. The van der Waals surface area contributed by atoms with E-state index in [-0.39, 0.29) is 12.0 Å². The number of nitrogens with one attached hydrogen (secondary N) is 1. The number of aryl methyl sites for hydroxylation is 2. The van der Waals surface area contributed by atoms with Crippen LogP contribution in [0.5, 0.6) is 0 Å². The summed E-state index contributed by atoms with van der Waals surface area (Å²) in [6.07, 6.45) is 3.80. The molecule has 0 spiro atoms. The van der Waals surface area contributed by atoms with Crippen LogP contribution in [0.1, 0.15) is 30.4 Å². The Morgan fingerprint density at radius 3 is 2.78 bits per heavy atom. The zero-order valence-electron chi connectivity index (χ0n) is 10.9. The van der Waals surface area contributed by atoms with Gasteiger partial charge in [0, 0.05) is 6.04 Å². The van der Waals surface area contributed by atoms with E-state index in [2.05, 4.69) is 36.5 Å². The Kier molecular flexibility index (Phi) is 4.37. The Balaban J connectivity index is 1.78. The molecular formula is C15H21NO2. The first kappa shape index (κ1) is 13.1. The van der Waals surface area contributed by atoms with Crippen LogP contribution in [0.15, 0.2) is 24.3 Å². The Bertz CT molecular complexity index is 399. The van der Waals surface area contributed by atoms with Crippen molar-refractivity contribution < 1.29 is 9.90 Å². The van der Waals surface area contributed by atoms with Crippen molar-refractivity contribution in [1.82, 2.24) is 5.32 Å². The molecule has 1 aliphatic rings. The zero-order valence-corrected chi connectivity index (χ0v) is 10.9. The van der Waals surface area contributed by atoms with Gasteiger partial charge in [0.25, 0.3) is 0 Å². The molecule has 3 heteroatoms. The van der Waals surface area contributed by atoms with Gasteiger partial charge in [0.15, 0.2) is 0 Å². The number of hydrogen-bond donors (Lipinski definition) is 2. The molecule has 3 nitrogen and oxygen atoms in total. The molecule has 1 heterocycles. The van der Waals surface area contributed by atoms with Gasteiger partial charge in [-0.1, -0.05) is 29.8 Å². The minimum absolute atomic E-state index is 0.160. The highest BCUT2D eigenvalue weighted by Gasteiger charge is 2.31. The molecule has 1 aromatic carbocycles. The van der Waals surface area contributed by atoms with Crippen LogP contribution >= 0.6 is 0 Å². The van der Waals surface area contributed by atoms with E-state index >= 15 is 0 Å². The highest BCUT2D eigenvalue weighted by atomic mass is 16.4. The minimum Gasteiger partial charge on any atom is -0.481 e. The van der Waals surface area contributed by atoms with Crippen LogP contribution in [-0.4, -0.2) is 23.7 Å². The van der Waals surface area contributed by atoms with Gasteiger partial charge in [0.2, 0.25) is 0 Å². The first-order chi connectivity index (χ1) is 8.66. The monoisotopic (exact) mass is 247 g/mol. The van der Waals surface area contributed by atoms with E-state index in [1.807, 2.05) is 0 Å². The Hall–Kier alpha value is -1.35. The number of carbonyl (C=O) groups is 1. The summed E-state index contributed by atoms with van der Waals surface area (Å²) < 4.78 is 0. The van der Waals surface area contributed by atoms with Gasteiger partial charge < -0.3 is 10.4 Å². The summed E-state index contributed by atoms with van der Waals surface area (Å²) in [6, 6.07) is 8.73. The van der Waals surface area contributed by atoms with Crippen molar-refractivity contribution >= 4 is 5.97 Å². The molecule has 0 radical (unpaired) electrons. The van der Waals surface area contributed by atoms with E-state index in [4.69, 9.17) is 5.11 Å². The number of rotatable bonds is 5. The molecule has 1 saturated heterocycles. The van der Waals surface area contributed by atoms with Crippen molar-refractivity contribution in [2.24, 2.45) is 5.92 Å². The van der Waals surface area contributed by atoms with Gasteiger partial charge in [-0.3, -0.25) is 4.79 Å². The van der Waals surface area contributed by atoms with Crippen LogP contribution in [0.2, 0.25) is 0 Å². The molecule has 2 unspecified atom stereocenters. The van der Waals surface area contributed by atoms with Crippen LogP contribution in [-0.2, 0) is 11.2 Å². The van der Waals surface area contributed by atoms with Gasteiger partial charge in [-0.2, -0.15) is 0 Å². The van der Waals surface area contributed by atoms with Gasteiger partial charge in [0.05, 0.1) is 5.92 Å². The third-order valence-corrected chi connectivity index (χ3v) is 3.77. The normalized spacial score (nSPS) is 23.2. The second kappa shape index (κ2) is 6.01. The van der Waals surface area contributed by atoms with E-state index in [9.17, 15) is 4.79 Å². The molecule has 0 saturated carbocycles. The number of aliphatic carboxylic acids is 1. The van der Waals surface area contributed by atoms with Crippen molar-refractivity contribution in [2.75, 3.05) is 6.54 Å². The topological polar surface area (TPSA) is 49.3 Å². The standard InChI is InChI=1S/C15H21NO2/c1-11-5-7-12(8-6-11)3-2-4-14-13(15(17)18)9-10-16-14/h5-8,13-14,16H,2-4,9-10H2,1H3,(H,17,18). The fourth-order valence-electron chi connectivity index (χ4n) is 2.65. The lowest BCUT2D eigenvalue weighted by atomic mass is 9.95. The molecule has 1 aliphatic heterocycles. The van der Waals surface area contributed by atoms with Gasteiger partial charge in [-0.05, 0) is 44.7 Å². The Morgan fingerprint density at radius 1 is 1.39 bits per heavy atom. The molecule has 2 atom stereocenters. The molecule has 1 aromatic rings. The SMILES string of the molecule is Cc1ccc(CCCC2NCCC2C(=O)O)cc1. The van der Waals surface area contributed by atoms with Crippen molar-refractivity contribution in [3.63, 3.8) is 0 Å². The second-order valence-electron chi connectivity index (χ2n) is 5.17. The molecule has 18 heavy (non-hydrogen) atoms. The van der Waals surface area contributed by atoms with E-state index in [0.717, 1.165) is 32.2 Å². The van der Waals surface area contributed by atoms with E-state index in [1.54, 1.807) is 0 Å². The number of carboxylic acids is 1. The third-order valence-electron chi connectivity index (χ3n) is 3.77. The van der Waals surface area contributed by atoms with Crippen molar-refractivity contribution in [3.05, 3.63) is 35.4 Å². The molecule has 0 aromatic heterocycles. The summed E-state index contributed by atoms with van der Waals surface area (Å²) in [5, 5.41) is 12.4. The smallest absolute Gasteiger partial charge is 0.308 e. The highest BCUT2D eigenvalue weighted by molar-refractivity contribution is 5.71. The van der Waals surface area contributed by atoms with Crippen molar-refractivity contribution in [3.8, 4) is 0 Å². The predicted molar refractivity (Wildman–Crippen MR) is 71.7 cm³/mol.